The van der Waals surface area contributed by atoms with Crippen LogP contribution in [0.5, 0.6) is 0 Å². The van der Waals surface area contributed by atoms with Gasteiger partial charge in [0.05, 0.1) is 12.1 Å². The van der Waals surface area contributed by atoms with Crippen LogP contribution in [0.1, 0.15) is 25.5 Å². The van der Waals surface area contributed by atoms with Crippen molar-refractivity contribution in [3.8, 4) is 0 Å². The monoisotopic (exact) mass is 291 g/mol. The minimum Gasteiger partial charge on any atom is -0.356 e. The molecule has 2 rings (SSSR count). The van der Waals surface area contributed by atoms with Crippen LogP contribution in [0, 0.1) is 0 Å². The van der Waals surface area contributed by atoms with Gasteiger partial charge in [0.25, 0.3) is 0 Å². The molecule has 0 aliphatic heterocycles. The number of amides is 1. The molecule has 6 nitrogen and oxygen atoms in total. The Hall–Kier alpha value is -2.02. The standard InChI is InChI=1S/C13H17N5OS/c1-2-3-5-14-11(19)8-10-9-20-13(17-10)18-12-15-6-4-7-16-12/h4,6-7,9H,2-3,5,8H2,1H3,(H,14,19)(H,15,16,17,18). The van der Waals surface area contributed by atoms with Crippen LogP contribution in [-0.4, -0.2) is 27.4 Å². The number of thiazole rings is 1. The predicted octanol–water partition coefficient (Wildman–Crippen LogP) is 2.14. The highest BCUT2D eigenvalue weighted by atomic mass is 32.1. The predicted molar refractivity (Wildman–Crippen MR) is 79.1 cm³/mol. The summed E-state index contributed by atoms with van der Waals surface area (Å²) in [6.45, 7) is 2.82. The molecule has 0 radical (unpaired) electrons. The summed E-state index contributed by atoms with van der Waals surface area (Å²) in [5.41, 5.74) is 0.752. The molecule has 0 aliphatic carbocycles. The van der Waals surface area contributed by atoms with Gasteiger partial charge in [0.1, 0.15) is 0 Å². The van der Waals surface area contributed by atoms with Gasteiger partial charge in [-0.3, -0.25) is 4.79 Å². The van der Waals surface area contributed by atoms with E-state index in [9.17, 15) is 4.79 Å². The quantitative estimate of drug-likeness (QED) is 0.764. The van der Waals surface area contributed by atoms with E-state index in [1.807, 2.05) is 5.38 Å². The Morgan fingerprint density at radius 2 is 2.15 bits per heavy atom. The second kappa shape index (κ2) is 7.54. The number of unbranched alkanes of at least 4 members (excludes halogenated alkanes) is 1. The van der Waals surface area contributed by atoms with E-state index in [2.05, 4.69) is 32.5 Å². The maximum absolute atomic E-state index is 11.7. The number of nitrogens with one attached hydrogen (secondary N) is 2. The van der Waals surface area contributed by atoms with Gasteiger partial charge >= 0.3 is 0 Å². The molecule has 0 spiro atoms. The smallest absolute Gasteiger partial charge is 0.228 e. The molecule has 7 heteroatoms. The normalized spacial score (nSPS) is 10.2. The number of hydrogen-bond donors (Lipinski definition) is 2. The van der Waals surface area contributed by atoms with Crippen molar-refractivity contribution in [2.75, 3.05) is 11.9 Å². The van der Waals surface area contributed by atoms with Gasteiger partial charge in [0.2, 0.25) is 11.9 Å². The molecular weight excluding hydrogens is 274 g/mol. The summed E-state index contributed by atoms with van der Waals surface area (Å²) in [6, 6.07) is 1.75. The fourth-order valence-corrected chi connectivity index (χ4v) is 2.24. The molecule has 0 aromatic carbocycles. The van der Waals surface area contributed by atoms with Crippen molar-refractivity contribution < 1.29 is 4.79 Å². The van der Waals surface area contributed by atoms with Crippen LogP contribution in [0.15, 0.2) is 23.8 Å². The largest absolute Gasteiger partial charge is 0.356 e. The molecule has 20 heavy (non-hydrogen) atoms. The molecule has 1 amide bonds. The second-order valence-electron chi connectivity index (χ2n) is 4.22. The molecule has 0 aliphatic rings. The van der Waals surface area contributed by atoms with Gasteiger partial charge in [-0.15, -0.1) is 11.3 Å². The fraction of sp³-hybridized carbons (Fsp3) is 0.385. The Morgan fingerprint density at radius 1 is 1.35 bits per heavy atom. The van der Waals surface area contributed by atoms with Crippen LogP contribution in [0.3, 0.4) is 0 Å². The number of hydrogen-bond acceptors (Lipinski definition) is 6. The topological polar surface area (TPSA) is 79.8 Å². The molecule has 106 valence electrons. The summed E-state index contributed by atoms with van der Waals surface area (Å²) < 4.78 is 0. The van der Waals surface area contributed by atoms with Gasteiger partial charge < -0.3 is 10.6 Å². The van der Waals surface area contributed by atoms with Crippen molar-refractivity contribution in [2.45, 2.75) is 26.2 Å². The van der Waals surface area contributed by atoms with E-state index in [4.69, 9.17) is 0 Å². The lowest BCUT2D eigenvalue weighted by atomic mass is 10.3. The third-order valence-corrected chi connectivity index (χ3v) is 3.34. The summed E-state index contributed by atoms with van der Waals surface area (Å²) in [4.78, 5) is 24.1. The summed E-state index contributed by atoms with van der Waals surface area (Å²) in [5.74, 6) is 0.507. The van der Waals surface area contributed by atoms with E-state index < -0.39 is 0 Å². The number of aromatic nitrogens is 3. The molecular formula is C13H17N5OS. The number of nitrogens with zero attached hydrogens (tertiary/aromatic N) is 3. The van der Waals surface area contributed by atoms with E-state index in [0.29, 0.717) is 17.5 Å². The van der Waals surface area contributed by atoms with Crippen LogP contribution >= 0.6 is 11.3 Å². The van der Waals surface area contributed by atoms with Crippen molar-refractivity contribution in [1.29, 1.82) is 0 Å². The number of carbonyl (C=O) groups is 1. The van der Waals surface area contributed by atoms with Gasteiger partial charge in [-0.25, -0.2) is 15.0 Å². The molecule has 2 N–H and O–H groups in total. The lowest BCUT2D eigenvalue weighted by Crippen LogP contribution is -2.26. The van der Waals surface area contributed by atoms with Gasteiger partial charge in [-0.05, 0) is 12.5 Å². The first-order valence-electron chi connectivity index (χ1n) is 6.53. The molecule has 2 aromatic heterocycles. The first kappa shape index (κ1) is 14.4. The summed E-state index contributed by atoms with van der Waals surface area (Å²) >= 11 is 1.43. The van der Waals surface area contributed by atoms with E-state index in [-0.39, 0.29) is 5.91 Å². The lowest BCUT2D eigenvalue weighted by molar-refractivity contribution is -0.120. The van der Waals surface area contributed by atoms with E-state index in [0.717, 1.165) is 25.1 Å². The molecule has 0 saturated heterocycles. The first-order valence-corrected chi connectivity index (χ1v) is 7.41. The van der Waals surface area contributed by atoms with Crippen LogP contribution in [0.2, 0.25) is 0 Å². The van der Waals surface area contributed by atoms with Crippen molar-refractivity contribution >= 4 is 28.3 Å². The molecule has 0 unspecified atom stereocenters. The van der Waals surface area contributed by atoms with Crippen LogP contribution in [0.25, 0.3) is 0 Å². The number of anilines is 2. The Kier molecular flexibility index (Phi) is 5.43. The zero-order valence-corrected chi connectivity index (χ0v) is 12.1. The Bertz CT molecular complexity index is 543. The SMILES string of the molecule is CCCCNC(=O)Cc1csc(Nc2ncccn2)n1. The van der Waals surface area contributed by atoms with Crippen molar-refractivity contribution in [1.82, 2.24) is 20.3 Å². The minimum absolute atomic E-state index is 0.00580. The van der Waals surface area contributed by atoms with Gasteiger partial charge in [-0.2, -0.15) is 0 Å². The van der Waals surface area contributed by atoms with Crippen LogP contribution in [-0.2, 0) is 11.2 Å². The number of carbonyl (C=O) groups excluding carboxylic acids is 1. The van der Waals surface area contributed by atoms with Gasteiger partial charge in [0, 0.05) is 24.3 Å². The fourth-order valence-electron chi connectivity index (χ4n) is 1.54. The molecule has 0 bridgehead atoms. The van der Waals surface area contributed by atoms with Crippen LogP contribution < -0.4 is 10.6 Å². The molecule has 0 fully saturated rings. The highest BCUT2D eigenvalue weighted by Crippen LogP contribution is 2.18. The second-order valence-corrected chi connectivity index (χ2v) is 5.08. The zero-order valence-electron chi connectivity index (χ0n) is 11.3. The highest BCUT2D eigenvalue weighted by molar-refractivity contribution is 7.13. The van der Waals surface area contributed by atoms with Gasteiger partial charge in [0.15, 0.2) is 5.13 Å². The molecule has 0 atom stereocenters. The maximum Gasteiger partial charge on any atom is 0.228 e. The first-order chi connectivity index (χ1) is 9.78. The van der Waals surface area contributed by atoms with E-state index >= 15 is 0 Å². The lowest BCUT2D eigenvalue weighted by Gasteiger charge is -2.02. The summed E-state index contributed by atoms with van der Waals surface area (Å²) in [5, 5.41) is 8.43. The molecule has 2 aromatic rings. The minimum atomic E-state index is 0.00580. The van der Waals surface area contributed by atoms with E-state index in [1.165, 1.54) is 11.3 Å². The Balaban J connectivity index is 1.84. The molecule has 2 heterocycles. The average Bonchev–Trinajstić information content (AvgIpc) is 2.87. The van der Waals surface area contributed by atoms with Crippen molar-refractivity contribution in [3.05, 3.63) is 29.5 Å². The zero-order chi connectivity index (χ0) is 14.2. The third kappa shape index (κ3) is 4.58. The third-order valence-electron chi connectivity index (χ3n) is 2.53. The average molecular weight is 291 g/mol. The summed E-state index contributed by atoms with van der Waals surface area (Å²) in [6.07, 6.45) is 5.69. The number of rotatable bonds is 7. The van der Waals surface area contributed by atoms with Crippen molar-refractivity contribution in [2.24, 2.45) is 0 Å². The van der Waals surface area contributed by atoms with Crippen LogP contribution in [0.4, 0.5) is 11.1 Å². The van der Waals surface area contributed by atoms with Crippen molar-refractivity contribution in [3.63, 3.8) is 0 Å². The molecule has 0 saturated carbocycles. The van der Waals surface area contributed by atoms with Gasteiger partial charge in [-0.1, -0.05) is 13.3 Å². The van der Waals surface area contributed by atoms with E-state index in [1.54, 1.807) is 18.5 Å². The Labute approximate surface area is 121 Å². The maximum atomic E-state index is 11.7. The summed E-state index contributed by atoms with van der Waals surface area (Å²) in [7, 11) is 0. The highest BCUT2D eigenvalue weighted by Gasteiger charge is 2.08. The Morgan fingerprint density at radius 3 is 2.90 bits per heavy atom.